The molecule has 1 saturated heterocycles. The molecule has 0 aliphatic carbocycles. The van der Waals surface area contributed by atoms with Crippen LogP contribution in [-0.2, 0) is 21.4 Å². The molecule has 4 rings (SSSR count). The van der Waals surface area contributed by atoms with E-state index in [1.54, 1.807) is 19.1 Å². The highest BCUT2D eigenvalue weighted by molar-refractivity contribution is 6.10. The molecule has 32 heavy (non-hydrogen) atoms. The van der Waals surface area contributed by atoms with E-state index in [1.165, 1.54) is 0 Å². The maximum atomic E-state index is 13.1. The molecule has 0 saturated carbocycles. The molecular weight excluding hydrogens is 410 g/mol. The quantitative estimate of drug-likeness (QED) is 0.700. The van der Waals surface area contributed by atoms with Crippen molar-refractivity contribution >= 4 is 23.5 Å². The van der Waals surface area contributed by atoms with Crippen LogP contribution in [0.15, 0.2) is 42.5 Å². The van der Waals surface area contributed by atoms with Crippen molar-refractivity contribution in [2.75, 3.05) is 18.7 Å². The maximum Gasteiger partial charge on any atom is 0.325 e. The zero-order chi connectivity index (χ0) is 23.1. The number of ether oxygens (including phenoxy) is 2. The van der Waals surface area contributed by atoms with Gasteiger partial charge >= 0.3 is 6.03 Å². The molecule has 2 heterocycles. The monoisotopic (exact) mass is 437 g/mol. The summed E-state index contributed by atoms with van der Waals surface area (Å²) >= 11 is 0. The van der Waals surface area contributed by atoms with E-state index >= 15 is 0 Å². The van der Waals surface area contributed by atoms with Crippen LogP contribution in [0.3, 0.4) is 0 Å². The molecule has 1 atom stereocenters. The van der Waals surface area contributed by atoms with E-state index in [9.17, 15) is 14.4 Å². The third-order valence-corrected chi connectivity index (χ3v) is 5.65. The third-order valence-electron chi connectivity index (χ3n) is 5.65. The fourth-order valence-electron chi connectivity index (χ4n) is 4.05. The van der Waals surface area contributed by atoms with Crippen LogP contribution in [0, 0.1) is 0 Å². The molecule has 2 N–H and O–H groups in total. The Hall–Kier alpha value is -3.55. The van der Waals surface area contributed by atoms with E-state index in [4.69, 9.17) is 9.47 Å². The number of imide groups is 1. The second-order valence-electron chi connectivity index (χ2n) is 9.36. The molecule has 1 unspecified atom stereocenters. The molecule has 168 valence electrons. The van der Waals surface area contributed by atoms with E-state index in [0.717, 1.165) is 16.0 Å². The highest BCUT2D eigenvalue weighted by Crippen LogP contribution is 2.34. The lowest BCUT2D eigenvalue weighted by atomic mass is 9.86. The van der Waals surface area contributed by atoms with Gasteiger partial charge in [0, 0.05) is 12.1 Å². The third kappa shape index (κ3) is 4.12. The molecule has 0 radical (unpaired) electrons. The van der Waals surface area contributed by atoms with Crippen LogP contribution in [0.4, 0.5) is 10.5 Å². The highest BCUT2D eigenvalue weighted by atomic mass is 16.7. The number of anilines is 1. The minimum Gasteiger partial charge on any atom is -0.454 e. The molecule has 8 heteroatoms. The average molecular weight is 437 g/mol. The number of amides is 4. The maximum absolute atomic E-state index is 13.1. The van der Waals surface area contributed by atoms with Crippen molar-refractivity contribution in [1.29, 1.82) is 0 Å². The number of carbonyl (C=O) groups excluding carboxylic acids is 3. The Kier molecular flexibility index (Phi) is 5.32. The Morgan fingerprint density at radius 2 is 1.84 bits per heavy atom. The van der Waals surface area contributed by atoms with Gasteiger partial charge in [-0.05, 0) is 41.7 Å². The van der Waals surface area contributed by atoms with E-state index in [0.29, 0.717) is 17.2 Å². The van der Waals surface area contributed by atoms with Gasteiger partial charge in [0.05, 0.1) is 0 Å². The predicted molar refractivity (Wildman–Crippen MR) is 119 cm³/mol. The van der Waals surface area contributed by atoms with Gasteiger partial charge in [0.2, 0.25) is 12.7 Å². The minimum absolute atomic E-state index is 0.160. The molecule has 2 aliphatic heterocycles. The van der Waals surface area contributed by atoms with Gasteiger partial charge in [-0.1, -0.05) is 45.0 Å². The number of fused-ring (bicyclic) bond motifs is 1. The lowest BCUT2D eigenvalue weighted by molar-refractivity contribution is -0.133. The first-order chi connectivity index (χ1) is 15.1. The fourth-order valence-corrected chi connectivity index (χ4v) is 4.05. The molecule has 0 bridgehead atoms. The van der Waals surface area contributed by atoms with Gasteiger partial charge in [0.1, 0.15) is 12.1 Å². The number of urea groups is 1. The molecular formula is C24H27N3O5. The summed E-state index contributed by atoms with van der Waals surface area (Å²) in [6, 6.07) is 12.3. The zero-order valence-electron chi connectivity index (χ0n) is 18.7. The van der Waals surface area contributed by atoms with Crippen molar-refractivity contribution in [3.05, 3.63) is 53.6 Å². The molecule has 2 aliphatic rings. The summed E-state index contributed by atoms with van der Waals surface area (Å²) in [6.45, 7) is 7.61. The summed E-state index contributed by atoms with van der Waals surface area (Å²) in [4.78, 5) is 39.3. The predicted octanol–water partition coefficient (Wildman–Crippen LogP) is 3.20. The fraction of sp³-hybridized carbons (Fsp3) is 0.375. The van der Waals surface area contributed by atoms with Crippen molar-refractivity contribution in [2.24, 2.45) is 0 Å². The first-order valence-electron chi connectivity index (χ1n) is 10.5. The van der Waals surface area contributed by atoms with Crippen molar-refractivity contribution in [1.82, 2.24) is 10.2 Å². The number of benzene rings is 2. The number of nitrogens with zero attached hydrogens (tertiary/aromatic N) is 1. The van der Waals surface area contributed by atoms with Crippen LogP contribution in [0.5, 0.6) is 11.5 Å². The topological polar surface area (TPSA) is 97.0 Å². The van der Waals surface area contributed by atoms with E-state index in [1.807, 2.05) is 30.3 Å². The molecule has 1 fully saturated rings. The second kappa shape index (κ2) is 7.85. The molecule has 2 aromatic carbocycles. The number of carbonyl (C=O) groups is 3. The Labute approximate surface area is 186 Å². The Morgan fingerprint density at radius 1 is 1.12 bits per heavy atom. The number of hydrogen-bond donors (Lipinski definition) is 2. The number of rotatable bonds is 5. The molecule has 0 aromatic heterocycles. The summed E-state index contributed by atoms with van der Waals surface area (Å²) in [6.07, 6.45) is 0.263. The summed E-state index contributed by atoms with van der Waals surface area (Å²) in [5.74, 6) is 0.378. The zero-order valence-corrected chi connectivity index (χ0v) is 18.7. The summed E-state index contributed by atoms with van der Waals surface area (Å²) in [5, 5.41) is 5.58. The van der Waals surface area contributed by atoms with Crippen LogP contribution < -0.4 is 20.1 Å². The van der Waals surface area contributed by atoms with E-state index < -0.39 is 23.4 Å². The van der Waals surface area contributed by atoms with Crippen LogP contribution in [0.1, 0.15) is 38.8 Å². The highest BCUT2D eigenvalue weighted by Gasteiger charge is 2.48. The Bertz CT molecular complexity index is 1090. The van der Waals surface area contributed by atoms with Gasteiger partial charge in [0.25, 0.3) is 5.91 Å². The molecule has 2 aromatic rings. The van der Waals surface area contributed by atoms with Gasteiger partial charge in [0.15, 0.2) is 11.5 Å². The number of nitrogens with one attached hydrogen (secondary N) is 2. The standard InChI is InChI=1S/C24H27N3O5/c1-23(2,3)16-7-5-6-8-17(16)25-20(28)13-27-21(29)24(4,26-22(27)30)12-15-9-10-18-19(11-15)32-14-31-18/h5-11H,12-14H2,1-4H3,(H,25,28)(H,26,30). The average Bonchev–Trinajstić information content (AvgIpc) is 3.25. The first-order valence-corrected chi connectivity index (χ1v) is 10.5. The first kappa shape index (κ1) is 21.7. The van der Waals surface area contributed by atoms with Crippen LogP contribution in [0.2, 0.25) is 0 Å². The van der Waals surface area contributed by atoms with Crippen LogP contribution in [0.25, 0.3) is 0 Å². The summed E-state index contributed by atoms with van der Waals surface area (Å²) < 4.78 is 10.7. The van der Waals surface area contributed by atoms with Crippen LogP contribution in [-0.4, -0.2) is 41.6 Å². The van der Waals surface area contributed by atoms with Gasteiger partial charge in [-0.2, -0.15) is 0 Å². The normalized spacial score (nSPS) is 19.8. The Morgan fingerprint density at radius 3 is 2.59 bits per heavy atom. The van der Waals surface area contributed by atoms with Crippen molar-refractivity contribution in [2.45, 2.75) is 45.1 Å². The number of hydrogen-bond acceptors (Lipinski definition) is 5. The summed E-state index contributed by atoms with van der Waals surface area (Å²) in [7, 11) is 0. The molecule has 0 spiro atoms. The second-order valence-corrected chi connectivity index (χ2v) is 9.36. The van der Waals surface area contributed by atoms with Crippen molar-refractivity contribution in [3.63, 3.8) is 0 Å². The smallest absolute Gasteiger partial charge is 0.325 e. The van der Waals surface area contributed by atoms with Crippen LogP contribution >= 0.6 is 0 Å². The van der Waals surface area contributed by atoms with Crippen molar-refractivity contribution < 1.29 is 23.9 Å². The minimum atomic E-state index is -1.16. The van der Waals surface area contributed by atoms with Gasteiger partial charge < -0.3 is 20.1 Å². The Balaban J connectivity index is 1.46. The summed E-state index contributed by atoms with van der Waals surface area (Å²) in [5.41, 5.74) is 1.12. The largest absolute Gasteiger partial charge is 0.454 e. The SMILES string of the molecule is CC1(Cc2ccc3c(c2)OCO3)NC(=O)N(CC(=O)Nc2ccccc2C(C)(C)C)C1=O. The van der Waals surface area contributed by atoms with E-state index in [-0.39, 0.29) is 25.2 Å². The molecule has 4 amide bonds. The van der Waals surface area contributed by atoms with Crippen molar-refractivity contribution in [3.8, 4) is 11.5 Å². The van der Waals surface area contributed by atoms with Gasteiger partial charge in [-0.25, -0.2) is 4.79 Å². The lowest BCUT2D eigenvalue weighted by Crippen LogP contribution is -2.46. The number of para-hydroxylation sites is 1. The lowest BCUT2D eigenvalue weighted by Gasteiger charge is -2.24. The van der Waals surface area contributed by atoms with Gasteiger partial charge in [-0.3, -0.25) is 14.5 Å². The molecule has 8 nitrogen and oxygen atoms in total. The van der Waals surface area contributed by atoms with Gasteiger partial charge in [-0.15, -0.1) is 0 Å². The van der Waals surface area contributed by atoms with E-state index in [2.05, 4.69) is 31.4 Å².